The van der Waals surface area contributed by atoms with Crippen LogP contribution in [0.1, 0.15) is 17.4 Å². The van der Waals surface area contributed by atoms with E-state index in [1.54, 1.807) is 48.7 Å². The number of hydrogen-bond donors (Lipinski definition) is 0. The Morgan fingerprint density at radius 1 is 1.26 bits per heavy atom. The zero-order chi connectivity index (χ0) is 13.7. The van der Waals surface area contributed by atoms with E-state index in [0.29, 0.717) is 23.1 Å². The predicted octanol–water partition coefficient (Wildman–Crippen LogP) is 2.30. The third-order valence-electron chi connectivity index (χ3n) is 2.31. The highest BCUT2D eigenvalue weighted by Crippen LogP contribution is 2.17. The minimum atomic E-state index is -0.503. The van der Waals surface area contributed by atoms with Crippen molar-refractivity contribution in [3.63, 3.8) is 0 Å². The smallest absolute Gasteiger partial charge is 0.414 e. The lowest BCUT2D eigenvalue weighted by atomic mass is 10.3. The van der Waals surface area contributed by atoms with Crippen molar-refractivity contribution < 1.29 is 19.1 Å². The number of hydrogen-bond acceptors (Lipinski definition) is 3. The van der Waals surface area contributed by atoms with Gasteiger partial charge in [-0.1, -0.05) is 17.7 Å². The van der Waals surface area contributed by atoms with E-state index in [-0.39, 0.29) is 0 Å². The van der Waals surface area contributed by atoms with E-state index in [1.807, 2.05) is 6.92 Å². The minimum absolute atomic E-state index is 0.310. The van der Waals surface area contributed by atoms with Gasteiger partial charge in [0.05, 0.1) is 0 Å². The molecule has 5 heteroatoms. The van der Waals surface area contributed by atoms with Gasteiger partial charge in [0.2, 0.25) is 6.20 Å². The molecule has 0 radical (unpaired) electrons. The van der Waals surface area contributed by atoms with Gasteiger partial charge >= 0.3 is 11.7 Å². The topological polar surface area (TPSA) is 39.4 Å². The number of nitrogens with zero attached hydrogens (tertiary/aromatic N) is 1. The Hall–Kier alpha value is -2.07. The predicted molar refractivity (Wildman–Crippen MR) is 70.2 cm³/mol. The number of halogens is 1. The first kappa shape index (κ1) is 13.4. The first-order valence-corrected chi connectivity index (χ1v) is 6.20. The van der Waals surface area contributed by atoms with Crippen molar-refractivity contribution in [3.8, 4) is 5.75 Å². The molecule has 1 heterocycles. The van der Waals surface area contributed by atoms with Crippen molar-refractivity contribution in [2.24, 2.45) is 0 Å². The van der Waals surface area contributed by atoms with Crippen LogP contribution in [0.2, 0.25) is 5.02 Å². The molecule has 2 aromatic rings. The van der Waals surface area contributed by atoms with Gasteiger partial charge in [-0.15, -0.1) is 0 Å². The summed E-state index contributed by atoms with van der Waals surface area (Å²) in [7, 11) is 0. The van der Waals surface area contributed by atoms with Crippen LogP contribution in [0, 0.1) is 0 Å². The Morgan fingerprint density at radius 2 is 2.11 bits per heavy atom. The normalized spacial score (nSPS) is 10.0. The maximum absolute atomic E-state index is 12.1. The molecular formula is C14H13ClNO3+. The molecular weight excluding hydrogens is 266 g/mol. The fourth-order valence-electron chi connectivity index (χ4n) is 1.53. The molecule has 0 spiro atoms. The fourth-order valence-corrected chi connectivity index (χ4v) is 1.71. The van der Waals surface area contributed by atoms with E-state index in [4.69, 9.17) is 21.2 Å². The van der Waals surface area contributed by atoms with E-state index in [0.717, 1.165) is 0 Å². The summed E-state index contributed by atoms with van der Waals surface area (Å²) in [6.07, 6.45) is 1.65. The molecule has 0 saturated carbocycles. The number of carbonyl (C=O) groups is 1. The van der Waals surface area contributed by atoms with Crippen LogP contribution in [-0.2, 0) is 0 Å². The lowest BCUT2D eigenvalue weighted by Gasteiger charge is -2.03. The van der Waals surface area contributed by atoms with Crippen LogP contribution in [0.4, 0.5) is 0 Å². The summed E-state index contributed by atoms with van der Waals surface area (Å²) in [6.45, 7) is 2.29. The van der Waals surface area contributed by atoms with Gasteiger partial charge in [-0.25, -0.2) is 4.79 Å². The van der Waals surface area contributed by atoms with Crippen molar-refractivity contribution in [2.75, 3.05) is 6.61 Å². The van der Waals surface area contributed by atoms with Gasteiger partial charge in [0.25, 0.3) is 0 Å². The summed E-state index contributed by atoms with van der Waals surface area (Å²) in [5.41, 5.74) is 0.310. The van der Waals surface area contributed by atoms with E-state index in [9.17, 15) is 4.79 Å². The molecule has 0 aliphatic heterocycles. The largest absolute Gasteiger partial charge is 0.418 e. The molecule has 0 amide bonds. The number of rotatable bonds is 4. The van der Waals surface area contributed by atoms with Gasteiger partial charge in [0, 0.05) is 21.9 Å². The number of benzene rings is 1. The third kappa shape index (κ3) is 3.45. The monoisotopic (exact) mass is 278 g/mol. The Balaban J connectivity index is 2.20. The Morgan fingerprint density at radius 3 is 2.84 bits per heavy atom. The molecule has 0 N–H and O–H groups in total. The summed E-state index contributed by atoms with van der Waals surface area (Å²) < 4.78 is 6.63. The molecule has 2 rings (SSSR count). The molecule has 0 aliphatic rings. The highest BCUT2D eigenvalue weighted by Gasteiger charge is 2.22. The SMILES string of the molecule is CCO[n+]1ccccc1C(=O)Oc1cccc(Cl)c1. The maximum Gasteiger partial charge on any atom is 0.414 e. The average Bonchev–Trinajstić information content (AvgIpc) is 2.39. The molecule has 0 fully saturated rings. The quantitative estimate of drug-likeness (QED) is 0.489. The van der Waals surface area contributed by atoms with Crippen LogP contribution in [0.3, 0.4) is 0 Å². The van der Waals surface area contributed by atoms with Gasteiger partial charge < -0.3 is 4.74 Å². The van der Waals surface area contributed by atoms with Gasteiger partial charge in [-0.05, 0) is 31.2 Å². The molecule has 0 atom stereocenters. The number of aromatic nitrogens is 1. The molecule has 98 valence electrons. The Bertz CT molecular complexity index is 586. The first-order chi connectivity index (χ1) is 9.20. The van der Waals surface area contributed by atoms with Crippen LogP contribution in [0.25, 0.3) is 0 Å². The number of carbonyl (C=O) groups excluding carboxylic acids is 1. The average molecular weight is 279 g/mol. The van der Waals surface area contributed by atoms with Gasteiger partial charge in [0.1, 0.15) is 5.75 Å². The van der Waals surface area contributed by atoms with Crippen molar-refractivity contribution in [2.45, 2.75) is 6.92 Å². The molecule has 0 aliphatic carbocycles. The summed E-state index contributed by atoms with van der Waals surface area (Å²) in [5, 5.41) is 0.510. The standard InChI is InChI=1S/C14H13ClNO3/c1-2-18-16-9-4-3-8-13(16)14(17)19-12-7-5-6-11(15)10-12/h3-10H,2H2,1H3/q+1. The highest BCUT2D eigenvalue weighted by atomic mass is 35.5. The molecule has 1 aromatic heterocycles. The van der Waals surface area contributed by atoms with Crippen LogP contribution >= 0.6 is 11.6 Å². The Labute approximate surface area is 116 Å². The van der Waals surface area contributed by atoms with E-state index in [2.05, 4.69) is 0 Å². The van der Waals surface area contributed by atoms with E-state index >= 15 is 0 Å². The maximum atomic E-state index is 12.1. The second kappa shape index (κ2) is 6.20. The number of esters is 1. The summed E-state index contributed by atoms with van der Waals surface area (Å²) in [4.78, 5) is 17.4. The van der Waals surface area contributed by atoms with Crippen LogP contribution < -0.4 is 14.3 Å². The van der Waals surface area contributed by atoms with Gasteiger partial charge in [0.15, 0.2) is 6.61 Å². The van der Waals surface area contributed by atoms with Crippen molar-refractivity contribution >= 4 is 17.6 Å². The summed E-state index contributed by atoms with van der Waals surface area (Å²) in [5.74, 6) is -0.110. The minimum Gasteiger partial charge on any atom is -0.418 e. The molecule has 1 aromatic carbocycles. The van der Waals surface area contributed by atoms with Crippen molar-refractivity contribution in [1.82, 2.24) is 0 Å². The number of pyridine rings is 1. The Kier molecular flexibility index (Phi) is 4.36. The second-order valence-electron chi connectivity index (χ2n) is 3.68. The molecule has 0 unspecified atom stereocenters. The molecule has 4 nitrogen and oxygen atoms in total. The molecule has 0 bridgehead atoms. The van der Waals surface area contributed by atoms with Gasteiger partial charge in [-0.2, -0.15) is 0 Å². The fraction of sp³-hybridized carbons (Fsp3) is 0.143. The molecule has 0 saturated heterocycles. The van der Waals surface area contributed by atoms with Crippen molar-refractivity contribution in [3.05, 3.63) is 59.4 Å². The van der Waals surface area contributed by atoms with Crippen molar-refractivity contribution in [1.29, 1.82) is 0 Å². The van der Waals surface area contributed by atoms with Crippen LogP contribution in [-0.4, -0.2) is 12.6 Å². The first-order valence-electron chi connectivity index (χ1n) is 5.82. The lowest BCUT2D eigenvalue weighted by Crippen LogP contribution is -2.48. The number of ether oxygens (including phenoxy) is 1. The molecule has 19 heavy (non-hydrogen) atoms. The highest BCUT2D eigenvalue weighted by molar-refractivity contribution is 6.30. The zero-order valence-corrected chi connectivity index (χ0v) is 11.1. The van der Waals surface area contributed by atoms with Crippen LogP contribution in [0.5, 0.6) is 5.75 Å². The van der Waals surface area contributed by atoms with Crippen LogP contribution in [0.15, 0.2) is 48.7 Å². The zero-order valence-electron chi connectivity index (χ0n) is 10.4. The third-order valence-corrected chi connectivity index (χ3v) is 2.54. The lowest BCUT2D eigenvalue weighted by molar-refractivity contribution is -0.892. The summed E-state index contributed by atoms with van der Waals surface area (Å²) >= 11 is 5.83. The summed E-state index contributed by atoms with van der Waals surface area (Å²) in [6, 6.07) is 11.8. The van der Waals surface area contributed by atoms with Gasteiger partial charge in [-0.3, -0.25) is 4.84 Å². The van der Waals surface area contributed by atoms with E-state index < -0.39 is 5.97 Å². The second-order valence-corrected chi connectivity index (χ2v) is 4.11. The van der Waals surface area contributed by atoms with E-state index in [1.165, 1.54) is 4.73 Å².